The number of piperidine rings is 1. The molecule has 6 nitrogen and oxygen atoms in total. The highest BCUT2D eigenvalue weighted by Gasteiger charge is 2.31. The van der Waals surface area contributed by atoms with Crippen LogP contribution in [0.2, 0.25) is 0 Å². The van der Waals surface area contributed by atoms with Crippen molar-refractivity contribution in [3.05, 3.63) is 70.1 Å². The molecule has 1 aromatic heterocycles. The SMILES string of the molecule is CN(C)C(=O)Cn1c(=O)n(C2CCN(C3CCCc4ccccc43)CC2)c2ccccc21. The quantitative estimate of drug-likeness (QED) is 0.633. The summed E-state index contributed by atoms with van der Waals surface area (Å²) in [5.74, 6) is -0.0687. The Balaban J connectivity index is 1.40. The Hall–Kier alpha value is -2.86. The summed E-state index contributed by atoms with van der Waals surface area (Å²) < 4.78 is 3.59. The predicted octanol–water partition coefficient (Wildman–Crippen LogP) is 3.61. The van der Waals surface area contributed by atoms with Crippen molar-refractivity contribution in [2.75, 3.05) is 27.2 Å². The molecule has 1 unspecified atom stereocenters. The van der Waals surface area contributed by atoms with Crippen LogP contribution in [0.4, 0.5) is 0 Å². The Morgan fingerprint density at radius 1 is 0.969 bits per heavy atom. The standard InChI is InChI=1S/C26H32N4O2/c1-27(2)25(31)18-29-23-11-5-6-12-24(23)30(26(29)32)20-14-16-28(17-15-20)22-13-7-9-19-8-3-4-10-21(19)22/h3-6,8,10-12,20,22H,7,9,13-18H2,1-2H3. The molecule has 3 aromatic rings. The van der Waals surface area contributed by atoms with Crippen LogP contribution in [-0.2, 0) is 17.8 Å². The van der Waals surface area contributed by atoms with Gasteiger partial charge in [-0.25, -0.2) is 4.79 Å². The van der Waals surface area contributed by atoms with E-state index in [0.29, 0.717) is 6.04 Å². The number of carbonyl (C=O) groups is 1. The van der Waals surface area contributed by atoms with Crippen molar-refractivity contribution >= 4 is 16.9 Å². The largest absolute Gasteiger partial charge is 0.347 e. The first kappa shape index (κ1) is 21.0. The lowest BCUT2D eigenvalue weighted by atomic mass is 9.86. The fourth-order valence-corrected chi connectivity index (χ4v) is 5.58. The van der Waals surface area contributed by atoms with Gasteiger partial charge in [-0.05, 0) is 55.4 Å². The van der Waals surface area contributed by atoms with Crippen molar-refractivity contribution in [3.8, 4) is 0 Å². The van der Waals surface area contributed by atoms with E-state index in [2.05, 4.69) is 29.2 Å². The summed E-state index contributed by atoms with van der Waals surface area (Å²) in [4.78, 5) is 30.0. The molecule has 1 aliphatic carbocycles. The Bertz CT molecular complexity index is 1180. The zero-order chi connectivity index (χ0) is 22.2. The maximum Gasteiger partial charge on any atom is 0.329 e. The molecule has 0 bridgehead atoms. The minimum Gasteiger partial charge on any atom is -0.347 e. The number of carbonyl (C=O) groups excluding carboxylic acids is 1. The average Bonchev–Trinajstić information content (AvgIpc) is 3.10. The number of hydrogen-bond donors (Lipinski definition) is 0. The summed E-state index contributed by atoms with van der Waals surface area (Å²) in [7, 11) is 3.46. The lowest BCUT2D eigenvalue weighted by Gasteiger charge is -2.40. The van der Waals surface area contributed by atoms with Crippen molar-refractivity contribution in [2.24, 2.45) is 0 Å². The van der Waals surface area contributed by atoms with Crippen molar-refractivity contribution in [1.82, 2.24) is 18.9 Å². The van der Waals surface area contributed by atoms with Gasteiger partial charge >= 0.3 is 5.69 Å². The Morgan fingerprint density at radius 2 is 1.66 bits per heavy atom. The maximum absolute atomic E-state index is 13.4. The third kappa shape index (κ3) is 3.66. The molecule has 168 valence electrons. The number of aromatic nitrogens is 2. The van der Waals surface area contributed by atoms with E-state index in [1.807, 2.05) is 28.8 Å². The highest BCUT2D eigenvalue weighted by molar-refractivity contribution is 5.80. The highest BCUT2D eigenvalue weighted by atomic mass is 16.2. The van der Waals surface area contributed by atoms with E-state index in [-0.39, 0.29) is 24.2 Å². The van der Waals surface area contributed by atoms with Crippen LogP contribution in [0, 0.1) is 0 Å². The Morgan fingerprint density at radius 3 is 2.41 bits per heavy atom. The number of likely N-dealkylation sites (tertiary alicyclic amines) is 1. The number of amides is 1. The second-order valence-corrected chi connectivity index (χ2v) is 9.39. The first-order valence-electron chi connectivity index (χ1n) is 11.8. The van der Waals surface area contributed by atoms with Crippen molar-refractivity contribution < 1.29 is 4.79 Å². The summed E-state index contributed by atoms with van der Waals surface area (Å²) in [6, 6.07) is 17.4. The van der Waals surface area contributed by atoms with Gasteiger partial charge in [0, 0.05) is 39.3 Å². The summed E-state index contributed by atoms with van der Waals surface area (Å²) in [5, 5.41) is 0. The summed E-state index contributed by atoms with van der Waals surface area (Å²) in [5.41, 5.74) is 4.70. The summed E-state index contributed by atoms with van der Waals surface area (Å²) >= 11 is 0. The molecule has 32 heavy (non-hydrogen) atoms. The molecule has 2 aliphatic rings. The first-order chi connectivity index (χ1) is 15.5. The molecule has 5 rings (SSSR count). The molecule has 0 spiro atoms. The molecule has 6 heteroatoms. The molecule has 2 aromatic carbocycles. The van der Waals surface area contributed by atoms with E-state index in [0.717, 1.165) is 37.0 Å². The van der Waals surface area contributed by atoms with Gasteiger partial charge in [0.25, 0.3) is 0 Å². The molecule has 1 amide bonds. The van der Waals surface area contributed by atoms with Crippen LogP contribution in [0.25, 0.3) is 11.0 Å². The number of aryl methyl sites for hydroxylation is 1. The number of benzene rings is 2. The van der Waals surface area contributed by atoms with Gasteiger partial charge in [-0.15, -0.1) is 0 Å². The molecular weight excluding hydrogens is 400 g/mol. The predicted molar refractivity (Wildman–Crippen MR) is 127 cm³/mol. The number of rotatable bonds is 4. The van der Waals surface area contributed by atoms with Crippen LogP contribution in [0.5, 0.6) is 0 Å². The summed E-state index contributed by atoms with van der Waals surface area (Å²) in [6.45, 7) is 2.07. The number of para-hydroxylation sites is 2. The molecule has 1 saturated heterocycles. The second kappa shape index (κ2) is 8.58. The van der Waals surface area contributed by atoms with Gasteiger partial charge in [-0.2, -0.15) is 0 Å². The lowest BCUT2D eigenvalue weighted by Crippen LogP contribution is -2.41. The van der Waals surface area contributed by atoms with Gasteiger partial charge in [-0.1, -0.05) is 36.4 Å². The van der Waals surface area contributed by atoms with Gasteiger partial charge in [0.1, 0.15) is 6.54 Å². The first-order valence-corrected chi connectivity index (χ1v) is 11.8. The van der Waals surface area contributed by atoms with E-state index in [9.17, 15) is 9.59 Å². The second-order valence-electron chi connectivity index (χ2n) is 9.39. The fraction of sp³-hybridized carbons (Fsp3) is 0.462. The van der Waals surface area contributed by atoms with Gasteiger partial charge < -0.3 is 4.90 Å². The van der Waals surface area contributed by atoms with Gasteiger partial charge in [-0.3, -0.25) is 18.8 Å². The van der Waals surface area contributed by atoms with E-state index in [1.165, 1.54) is 30.4 Å². The third-order valence-electron chi connectivity index (χ3n) is 7.30. The lowest BCUT2D eigenvalue weighted by molar-refractivity contribution is -0.129. The number of likely N-dealkylation sites (N-methyl/N-ethyl adjacent to an activating group) is 1. The van der Waals surface area contributed by atoms with Crippen molar-refractivity contribution in [3.63, 3.8) is 0 Å². The minimum absolute atomic E-state index is 0.0668. The minimum atomic E-state index is -0.0687. The number of hydrogen-bond acceptors (Lipinski definition) is 3. The highest BCUT2D eigenvalue weighted by Crippen LogP contribution is 2.37. The summed E-state index contributed by atoms with van der Waals surface area (Å²) in [6.07, 6.45) is 5.55. The molecule has 0 saturated carbocycles. The zero-order valence-corrected chi connectivity index (χ0v) is 19.0. The molecule has 2 heterocycles. The van der Waals surface area contributed by atoms with Crippen LogP contribution in [0.15, 0.2) is 53.3 Å². The van der Waals surface area contributed by atoms with E-state index in [4.69, 9.17) is 0 Å². The van der Waals surface area contributed by atoms with Gasteiger partial charge in [0.2, 0.25) is 5.91 Å². The normalized spacial score (nSPS) is 19.8. The van der Waals surface area contributed by atoms with Crippen LogP contribution in [0.3, 0.4) is 0 Å². The van der Waals surface area contributed by atoms with Crippen LogP contribution >= 0.6 is 0 Å². The van der Waals surface area contributed by atoms with E-state index in [1.54, 1.807) is 23.6 Å². The van der Waals surface area contributed by atoms with Crippen LogP contribution < -0.4 is 5.69 Å². The molecular formula is C26H32N4O2. The molecule has 0 radical (unpaired) electrons. The molecule has 1 fully saturated rings. The van der Waals surface area contributed by atoms with Gasteiger partial charge in [0.15, 0.2) is 0 Å². The average molecular weight is 433 g/mol. The van der Waals surface area contributed by atoms with Crippen molar-refractivity contribution in [1.29, 1.82) is 0 Å². The number of fused-ring (bicyclic) bond motifs is 2. The zero-order valence-electron chi connectivity index (χ0n) is 19.0. The smallest absolute Gasteiger partial charge is 0.329 e. The topological polar surface area (TPSA) is 50.5 Å². The molecule has 1 aliphatic heterocycles. The van der Waals surface area contributed by atoms with Crippen LogP contribution in [-0.4, -0.2) is 52.0 Å². The third-order valence-corrected chi connectivity index (χ3v) is 7.30. The number of nitrogens with zero attached hydrogens (tertiary/aromatic N) is 4. The van der Waals surface area contributed by atoms with Crippen molar-refractivity contribution in [2.45, 2.75) is 50.7 Å². The molecule has 0 N–H and O–H groups in total. The Kier molecular flexibility index (Phi) is 5.64. The Labute approximate surface area is 189 Å². The molecule has 1 atom stereocenters. The van der Waals surface area contributed by atoms with E-state index >= 15 is 0 Å². The number of imidazole rings is 1. The maximum atomic E-state index is 13.4. The monoisotopic (exact) mass is 432 g/mol. The van der Waals surface area contributed by atoms with Crippen LogP contribution in [0.1, 0.15) is 48.9 Å². The van der Waals surface area contributed by atoms with Gasteiger partial charge in [0.05, 0.1) is 11.0 Å². The fourth-order valence-electron chi connectivity index (χ4n) is 5.58. The van der Waals surface area contributed by atoms with E-state index < -0.39 is 0 Å².